The monoisotopic (exact) mass is 398 g/mol. The second kappa shape index (κ2) is 9.24. The van der Waals surface area contributed by atoms with E-state index in [2.05, 4.69) is 24.1 Å². The van der Waals surface area contributed by atoms with Crippen LogP contribution in [0.5, 0.6) is 0 Å². The highest BCUT2D eigenvalue weighted by Crippen LogP contribution is 2.36. The van der Waals surface area contributed by atoms with E-state index in [1.165, 1.54) is 0 Å². The fraction of sp³-hybridized carbons (Fsp3) is 0.455. The molecular weight excluding hydrogens is 368 g/mol. The van der Waals surface area contributed by atoms with Gasteiger partial charge < -0.3 is 20.7 Å². The number of aromatic nitrogens is 1. The normalized spacial score (nSPS) is 19.3. The van der Waals surface area contributed by atoms with E-state index >= 15 is 0 Å². The molecule has 0 saturated carbocycles. The molecule has 0 bridgehead atoms. The van der Waals surface area contributed by atoms with Crippen molar-refractivity contribution in [2.45, 2.75) is 51.7 Å². The summed E-state index contributed by atoms with van der Waals surface area (Å²) >= 11 is 0. The predicted molar refractivity (Wildman–Crippen MR) is 113 cm³/mol. The average molecular weight is 399 g/mol. The molecule has 1 aliphatic rings. The topological polar surface area (TPSA) is 111 Å². The molecule has 1 aromatic heterocycles. The highest BCUT2D eigenvalue weighted by atomic mass is 16.4. The van der Waals surface area contributed by atoms with Crippen LogP contribution in [0.3, 0.4) is 0 Å². The molecule has 0 radical (unpaired) electrons. The lowest BCUT2D eigenvalue weighted by Crippen LogP contribution is -2.45. The summed E-state index contributed by atoms with van der Waals surface area (Å²) in [6.07, 6.45) is 2.42. The molecule has 0 saturated heterocycles. The molecule has 7 nitrogen and oxygen atoms in total. The molecule has 0 aliphatic carbocycles. The number of H-pyrrole nitrogens is 1. The van der Waals surface area contributed by atoms with Gasteiger partial charge in [0.05, 0.1) is 30.0 Å². The number of carbonyl (C=O) groups is 2. The molecule has 156 valence electrons. The number of unbranched alkanes of at least 4 members (excludes halogenated alkanes) is 1. The van der Waals surface area contributed by atoms with Gasteiger partial charge in [0.15, 0.2) is 0 Å². The van der Waals surface area contributed by atoms with Crippen molar-refractivity contribution in [2.75, 3.05) is 11.4 Å². The van der Waals surface area contributed by atoms with Gasteiger partial charge in [0.1, 0.15) is 5.69 Å². The SMILES string of the molecule is CC(C)[C@H]1N[C@@H](CCCCN)C(=O)N(Cc2ccccc2)c2cc(C(=O)O)[nH]c21. The third-order valence-corrected chi connectivity index (χ3v) is 5.40. The molecule has 29 heavy (non-hydrogen) atoms. The summed E-state index contributed by atoms with van der Waals surface area (Å²) in [6, 6.07) is 10.8. The van der Waals surface area contributed by atoms with Crippen molar-refractivity contribution in [3.05, 3.63) is 53.3 Å². The van der Waals surface area contributed by atoms with Crippen LogP contribution >= 0.6 is 0 Å². The standard InChI is InChI=1S/C22H30N4O3/c1-14(2)19-20-18(12-17(25-20)22(28)29)26(13-15-8-4-3-5-9-15)21(27)16(24-19)10-6-7-11-23/h3-5,8-9,12,14,16,19,24-25H,6-7,10-11,13,23H2,1-2H3,(H,28,29)/t16-,19+/m0/s1. The minimum absolute atomic E-state index is 0.0359. The third kappa shape index (κ3) is 4.68. The van der Waals surface area contributed by atoms with Gasteiger partial charge in [-0.2, -0.15) is 0 Å². The van der Waals surface area contributed by atoms with Gasteiger partial charge in [-0.15, -0.1) is 0 Å². The van der Waals surface area contributed by atoms with Crippen LogP contribution in [-0.4, -0.2) is 34.6 Å². The molecule has 3 rings (SSSR count). The smallest absolute Gasteiger partial charge is 0.352 e. The number of aromatic carboxylic acids is 1. The number of hydrogen-bond acceptors (Lipinski definition) is 4. The van der Waals surface area contributed by atoms with E-state index in [9.17, 15) is 14.7 Å². The summed E-state index contributed by atoms with van der Waals surface area (Å²) in [5, 5.41) is 13.0. The zero-order valence-corrected chi connectivity index (χ0v) is 17.0. The summed E-state index contributed by atoms with van der Waals surface area (Å²) in [4.78, 5) is 29.9. The van der Waals surface area contributed by atoms with Crippen LogP contribution < -0.4 is 16.0 Å². The average Bonchev–Trinajstić information content (AvgIpc) is 3.10. The zero-order chi connectivity index (χ0) is 21.0. The first-order chi connectivity index (χ1) is 13.9. The quantitative estimate of drug-likeness (QED) is 0.511. The first-order valence-corrected chi connectivity index (χ1v) is 10.2. The van der Waals surface area contributed by atoms with Gasteiger partial charge in [-0.3, -0.25) is 10.1 Å². The van der Waals surface area contributed by atoms with E-state index in [1.54, 1.807) is 11.0 Å². The van der Waals surface area contributed by atoms with Crippen molar-refractivity contribution in [1.29, 1.82) is 0 Å². The molecule has 0 fully saturated rings. The Kier molecular flexibility index (Phi) is 6.71. The molecule has 1 aromatic carbocycles. The molecule has 0 spiro atoms. The molecular formula is C22H30N4O3. The number of nitrogens with one attached hydrogen (secondary N) is 2. The van der Waals surface area contributed by atoms with E-state index in [4.69, 9.17) is 5.73 Å². The molecule has 1 amide bonds. The number of aromatic amines is 1. The van der Waals surface area contributed by atoms with E-state index in [0.717, 1.165) is 24.1 Å². The lowest BCUT2D eigenvalue weighted by atomic mass is 9.99. The lowest BCUT2D eigenvalue weighted by molar-refractivity contribution is -0.121. The Bertz CT molecular complexity index is 847. The van der Waals surface area contributed by atoms with Gasteiger partial charge in [0.2, 0.25) is 5.91 Å². The molecule has 2 atom stereocenters. The van der Waals surface area contributed by atoms with Crippen molar-refractivity contribution < 1.29 is 14.7 Å². The maximum atomic E-state index is 13.5. The Hall–Kier alpha value is -2.64. The fourth-order valence-electron chi connectivity index (χ4n) is 3.87. The molecule has 7 heteroatoms. The first-order valence-electron chi connectivity index (χ1n) is 10.2. The van der Waals surface area contributed by atoms with E-state index < -0.39 is 5.97 Å². The van der Waals surface area contributed by atoms with E-state index in [-0.39, 0.29) is 29.6 Å². The number of rotatable bonds is 8. The number of carboxylic acid groups (broad SMARTS) is 1. The molecule has 0 unspecified atom stereocenters. The van der Waals surface area contributed by atoms with Gasteiger partial charge in [0, 0.05) is 0 Å². The van der Waals surface area contributed by atoms with Crippen LogP contribution in [0.2, 0.25) is 0 Å². The van der Waals surface area contributed by atoms with Crippen LogP contribution in [0.4, 0.5) is 5.69 Å². The maximum absolute atomic E-state index is 13.5. The zero-order valence-electron chi connectivity index (χ0n) is 17.0. The van der Waals surface area contributed by atoms with Crippen molar-refractivity contribution in [3.63, 3.8) is 0 Å². The van der Waals surface area contributed by atoms with Crippen molar-refractivity contribution in [2.24, 2.45) is 11.7 Å². The largest absolute Gasteiger partial charge is 0.477 e. The Morgan fingerprint density at radius 3 is 2.59 bits per heavy atom. The Morgan fingerprint density at radius 2 is 1.97 bits per heavy atom. The summed E-state index contributed by atoms with van der Waals surface area (Å²) < 4.78 is 0. The lowest BCUT2D eigenvalue weighted by Gasteiger charge is -2.26. The van der Waals surface area contributed by atoms with Crippen LogP contribution in [0, 0.1) is 5.92 Å². The number of carbonyl (C=O) groups excluding carboxylic acids is 1. The van der Waals surface area contributed by atoms with E-state index in [1.807, 2.05) is 30.3 Å². The summed E-state index contributed by atoms with van der Waals surface area (Å²) in [6.45, 7) is 5.13. The summed E-state index contributed by atoms with van der Waals surface area (Å²) in [7, 11) is 0. The number of hydrogen-bond donors (Lipinski definition) is 4. The van der Waals surface area contributed by atoms with Gasteiger partial charge in [-0.05, 0) is 36.9 Å². The van der Waals surface area contributed by atoms with E-state index in [0.29, 0.717) is 25.2 Å². The van der Waals surface area contributed by atoms with Gasteiger partial charge in [-0.1, -0.05) is 50.6 Å². The van der Waals surface area contributed by atoms with Crippen molar-refractivity contribution in [3.8, 4) is 0 Å². The summed E-state index contributed by atoms with van der Waals surface area (Å²) in [5.74, 6) is -0.895. The third-order valence-electron chi connectivity index (χ3n) is 5.40. The van der Waals surface area contributed by atoms with Crippen LogP contribution in [0.25, 0.3) is 0 Å². The predicted octanol–water partition coefficient (Wildman–Crippen LogP) is 3.04. The second-order valence-electron chi connectivity index (χ2n) is 7.92. The Labute approximate surface area is 171 Å². The summed E-state index contributed by atoms with van der Waals surface area (Å²) in [5.41, 5.74) is 8.12. The number of fused-ring (bicyclic) bond motifs is 1. The van der Waals surface area contributed by atoms with Crippen LogP contribution in [-0.2, 0) is 11.3 Å². The Morgan fingerprint density at radius 1 is 1.24 bits per heavy atom. The maximum Gasteiger partial charge on any atom is 0.352 e. The van der Waals surface area contributed by atoms with Gasteiger partial charge >= 0.3 is 5.97 Å². The molecule has 5 N–H and O–H groups in total. The highest BCUT2D eigenvalue weighted by molar-refractivity contribution is 6.00. The second-order valence-corrected chi connectivity index (χ2v) is 7.92. The number of nitrogens with zero attached hydrogens (tertiary/aromatic N) is 1. The highest BCUT2D eigenvalue weighted by Gasteiger charge is 2.37. The minimum Gasteiger partial charge on any atom is -0.477 e. The molecule has 1 aliphatic heterocycles. The van der Waals surface area contributed by atoms with Gasteiger partial charge in [-0.25, -0.2) is 4.79 Å². The number of nitrogens with two attached hydrogens (primary N) is 1. The number of amides is 1. The van der Waals surface area contributed by atoms with Gasteiger partial charge in [0.25, 0.3) is 0 Å². The van der Waals surface area contributed by atoms with Crippen molar-refractivity contribution in [1.82, 2.24) is 10.3 Å². The number of anilines is 1. The molecule has 2 aromatic rings. The van der Waals surface area contributed by atoms with Crippen LogP contribution in [0.1, 0.15) is 60.9 Å². The van der Waals surface area contributed by atoms with Crippen LogP contribution in [0.15, 0.2) is 36.4 Å². The fourth-order valence-corrected chi connectivity index (χ4v) is 3.87. The Balaban J connectivity index is 2.03. The first kappa shape index (κ1) is 21.1. The minimum atomic E-state index is -1.04. The number of benzene rings is 1. The molecule has 2 heterocycles. The van der Waals surface area contributed by atoms with Crippen molar-refractivity contribution >= 4 is 17.6 Å². The number of carboxylic acids is 1.